The van der Waals surface area contributed by atoms with Crippen LogP contribution in [0, 0.1) is 16.7 Å². The van der Waals surface area contributed by atoms with E-state index in [-0.39, 0.29) is 16.7 Å². The number of aliphatic hydroxyl groups excluding tert-OH is 1. The van der Waals surface area contributed by atoms with Gasteiger partial charge in [0.05, 0.1) is 19.3 Å². The first kappa shape index (κ1) is 15.2. The number of hydrogen-bond acceptors (Lipinski definition) is 3. The van der Waals surface area contributed by atoms with Crippen LogP contribution in [0.4, 0.5) is 0 Å². The number of halogens is 1. The Hall–Kier alpha value is -0.740. The molecule has 4 heteroatoms. The van der Waals surface area contributed by atoms with Crippen LogP contribution >= 0.6 is 15.9 Å². The third kappa shape index (κ3) is 2.27. The topological polar surface area (TPSA) is 38.7 Å². The molecule has 2 aliphatic rings. The highest BCUT2D eigenvalue weighted by Gasteiger charge is 2.67. The van der Waals surface area contributed by atoms with Gasteiger partial charge in [0.25, 0.3) is 0 Å². The second kappa shape index (κ2) is 4.88. The lowest BCUT2D eigenvalue weighted by molar-refractivity contribution is 0.129. The Balaban J connectivity index is 1.94. The lowest BCUT2D eigenvalue weighted by Crippen LogP contribution is -2.07. The molecule has 116 valence electrons. The van der Waals surface area contributed by atoms with Crippen LogP contribution in [0.15, 0.2) is 16.6 Å². The van der Waals surface area contributed by atoms with Gasteiger partial charge in [-0.1, -0.05) is 43.6 Å². The average Bonchev–Trinajstić information content (AvgIpc) is 2.91. The Morgan fingerprint density at radius 1 is 1.10 bits per heavy atom. The van der Waals surface area contributed by atoms with Crippen molar-refractivity contribution in [2.45, 2.75) is 40.2 Å². The smallest absolute Gasteiger partial charge is 0.162 e. The lowest BCUT2D eigenvalue weighted by Gasteiger charge is -2.18. The number of fused-ring (bicyclic) bond motifs is 1. The minimum absolute atomic E-state index is 0.135. The molecule has 0 aromatic heterocycles. The van der Waals surface area contributed by atoms with Crippen molar-refractivity contribution < 1.29 is 14.6 Å². The molecule has 1 unspecified atom stereocenters. The van der Waals surface area contributed by atoms with Crippen molar-refractivity contribution in [3.05, 3.63) is 22.2 Å². The molecular formula is C17H23BrO3. The Labute approximate surface area is 134 Å². The summed E-state index contributed by atoms with van der Waals surface area (Å²) in [7, 11) is 0. The molecule has 1 heterocycles. The molecule has 1 aliphatic heterocycles. The van der Waals surface area contributed by atoms with Crippen molar-refractivity contribution in [1.82, 2.24) is 0 Å². The zero-order valence-electron chi connectivity index (χ0n) is 13.1. The third-order valence-electron chi connectivity index (χ3n) is 5.63. The highest BCUT2D eigenvalue weighted by molar-refractivity contribution is 9.10. The highest BCUT2D eigenvalue weighted by atomic mass is 79.9. The van der Waals surface area contributed by atoms with Gasteiger partial charge in [0.1, 0.15) is 0 Å². The van der Waals surface area contributed by atoms with Gasteiger partial charge < -0.3 is 14.6 Å². The zero-order valence-corrected chi connectivity index (χ0v) is 14.7. The van der Waals surface area contributed by atoms with E-state index in [0.717, 1.165) is 28.0 Å². The van der Waals surface area contributed by atoms with E-state index >= 15 is 0 Å². The molecule has 1 aromatic carbocycles. The highest BCUT2D eigenvalue weighted by Crippen LogP contribution is 2.72. The van der Waals surface area contributed by atoms with Gasteiger partial charge in [-0.25, -0.2) is 0 Å². The fourth-order valence-corrected chi connectivity index (χ4v) is 4.20. The molecule has 3 nitrogen and oxygen atoms in total. The van der Waals surface area contributed by atoms with E-state index in [4.69, 9.17) is 9.47 Å². The monoisotopic (exact) mass is 354 g/mol. The summed E-state index contributed by atoms with van der Waals surface area (Å²) in [6.45, 7) is 10.2. The molecule has 0 bridgehead atoms. The van der Waals surface area contributed by atoms with E-state index in [9.17, 15) is 5.11 Å². The molecule has 1 N–H and O–H groups in total. The number of aliphatic hydroxyl groups is 1. The minimum atomic E-state index is -0.499. The number of ether oxygens (including phenoxy) is 2. The first-order valence-electron chi connectivity index (χ1n) is 7.54. The predicted molar refractivity (Wildman–Crippen MR) is 85.8 cm³/mol. The summed E-state index contributed by atoms with van der Waals surface area (Å²) in [6, 6.07) is 3.85. The SMILES string of the molecule is CC1(C)C(C(O)c2cc3c(cc2Br)OCCCO3)C1(C)C. The van der Waals surface area contributed by atoms with Crippen LogP contribution in [0.2, 0.25) is 0 Å². The summed E-state index contributed by atoms with van der Waals surface area (Å²) >= 11 is 3.58. The Morgan fingerprint density at radius 3 is 2.14 bits per heavy atom. The van der Waals surface area contributed by atoms with Crippen LogP contribution < -0.4 is 9.47 Å². The summed E-state index contributed by atoms with van der Waals surface area (Å²) < 4.78 is 12.3. The second-order valence-electron chi connectivity index (χ2n) is 7.24. The van der Waals surface area contributed by atoms with Gasteiger partial charge in [0.2, 0.25) is 0 Å². The standard InChI is InChI=1S/C17H23BrO3/c1-16(2)15(17(16,3)4)14(19)10-8-12-13(9-11(10)18)21-7-5-6-20-12/h8-9,14-15,19H,5-7H2,1-4H3. The van der Waals surface area contributed by atoms with Crippen molar-refractivity contribution in [2.75, 3.05) is 13.2 Å². The molecule has 1 atom stereocenters. The van der Waals surface area contributed by atoms with Gasteiger partial charge in [-0.2, -0.15) is 0 Å². The van der Waals surface area contributed by atoms with E-state index in [1.807, 2.05) is 12.1 Å². The van der Waals surface area contributed by atoms with Gasteiger partial charge in [0.15, 0.2) is 11.5 Å². The van der Waals surface area contributed by atoms with Crippen LogP contribution in [-0.4, -0.2) is 18.3 Å². The molecule has 0 spiro atoms. The molecule has 0 saturated heterocycles. The minimum Gasteiger partial charge on any atom is -0.490 e. The van der Waals surface area contributed by atoms with Gasteiger partial charge in [-0.05, 0) is 28.5 Å². The molecule has 3 rings (SSSR count). The van der Waals surface area contributed by atoms with Crippen molar-refractivity contribution in [3.63, 3.8) is 0 Å². The maximum atomic E-state index is 10.9. The molecule has 1 aliphatic carbocycles. The van der Waals surface area contributed by atoms with E-state index in [1.54, 1.807) is 0 Å². The molecular weight excluding hydrogens is 332 g/mol. The van der Waals surface area contributed by atoms with Crippen molar-refractivity contribution in [2.24, 2.45) is 16.7 Å². The van der Waals surface area contributed by atoms with E-state index < -0.39 is 6.10 Å². The van der Waals surface area contributed by atoms with E-state index in [1.165, 1.54) is 0 Å². The van der Waals surface area contributed by atoms with Crippen LogP contribution in [0.3, 0.4) is 0 Å². The van der Waals surface area contributed by atoms with Gasteiger partial charge in [-0.15, -0.1) is 0 Å². The Morgan fingerprint density at radius 2 is 1.62 bits per heavy atom. The normalized spacial score (nSPS) is 24.3. The maximum Gasteiger partial charge on any atom is 0.162 e. The van der Waals surface area contributed by atoms with Crippen LogP contribution in [-0.2, 0) is 0 Å². The quantitative estimate of drug-likeness (QED) is 0.858. The van der Waals surface area contributed by atoms with Crippen molar-refractivity contribution >= 4 is 15.9 Å². The predicted octanol–water partition coefficient (Wildman–Crippen LogP) is 4.33. The molecule has 0 radical (unpaired) electrons. The Kier molecular flexibility index (Phi) is 3.53. The van der Waals surface area contributed by atoms with Crippen LogP contribution in [0.5, 0.6) is 11.5 Å². The molecule has 21 heavy (non-hydrogen) atoms. The first-order valence-corrected chi connectivity index (χ1v) is 8.33. The van der Waals surface area contributed by atoms with Gasteiger partial charge in [-0.3, -0.25) is 0 Å². The second-order valence-corrected chi connectivity index (χ2v) is 8.09. The molecule has 1 saturated carbocycles. The zero-order chi connectivity index (χ0) is 15.4. The molecule has 0 amide bonds. The fourth-order valence-electron chi connectivity index (χ4n) is 3.64. The maximum absolute atomic E-state index is 10.9. The van der Waals surface area contributed by atoms with Crippen LogP contribution in [0.1, 0.15) is 45.8 Å². The number of benzene rings is 1. The summed E-state index contributed by atoms with van der Waals surface area (Å²) in [4.78, 5) is 0. The molecule has 1 aromatic rings. The van der Waals surface area contributed by atoms with Crippen LogP contribution in [0.25, 0.3) is 0 Å². The fraction of sp³-hybridized carbons (Fsp3) is 0.647. The number of hydrogen-bond donors (Lipinski definition) is 1. The van der Waals surface area contributed by atoms with Gasteiger partial charge in [0, 0.05) is 16.8 Å². The van der Waals surface area contributed by atoms with E-state index in [2.05, 4.69) is 43.6 Å². The number of rotatable bonds is 2. The summed E-state index contributed by atoms with van der Waals surface area (Å²) in [6.07, 6.45) is 0.383. The summed E-state index contributed by atoms with van der Waals surface area (Å²) in [5.74, 6) is 1.73. The summed E-state index contributed by atoms with van der Waals surface area (Å²) in [5.41, 5.74) is 1.16. The van der Waals surface area contributed by atoms with E-state index in [0.29, 0.717) is 13.2 Å². The summed E-state index contributed by atoms with van der Waals surface area (Å²) in [5, 5.41) is 10.9. The van der Waals surface area contributed by atoms with Crippen molar-refractivity contribution in [1.29, 1.82) is 0 Å². The lowest BCUT2D eigenvalue weighted by atomic mass is 9.99. The van der Waals surface area contributed by atoms with Crippen molar-refractivity contribution in [3.8, 4) is 11.5 Å². The third-order valence-corrected chi connectivity index (χ3v) is 6.32. The Bertz CT molecular complexity index is 551. The van der Waals surface area contributed by atoms with Gasteiger partial charge >= 0.3 is 0 Å². The molecule has 1 fully saturated rings. The first-order chi connectivity index (χ1) is 9.76. The largest absolute Gasteiger partial charge is 0.490 e. The average molecular weight is 355 g/mol.